The Kier molecular flexibility index (Phi) is 6.05. The summed E-state index contributed by atoms with van der Waals surface area (Å²) in [6.07, 6.45) is 0.937. The molecule has 0 radical (unpaired) electrons. The molecule has 1 N–H and O–H groups in total. The third-order valence-corrected chi connectivity index (χ3v) is 2.94. The number of carbonyl (C=O) groups excluding carboxylic acids is 1. The first-order chi connectivity index (χ1) is 8.93. The largest absolute Gasteiger partial charge is 0.373 e. The van der Waals surface area contributed by atoms with Gasteiger partial charge >= 0.3 is 0 Å². The highest BCUT2D eigenvalue weighted by atomic mass is 35.5. The van der Waals surface area contributed by atoms with Crippen LogP contribution in [0.4, 0.5) is 5.82 Å². The van der Waals surface area contributed by atoms with Gasteiger partial charge in [0.2, 0.25) is 0 Å². The van der Waals surface area contributed by atoms with Crippen LogP contribution in [0.25, 0.3) is 0 Å². The maximum Gasteiger partial charge on any atom is 0.253 e. The zero-order valence-corrected chi connectivity index (χ0v) is 12.7. The molecule has 0 saturated heterocycles. The summed E-state index contributed by atoms with van der Waals surface area (Å²) in [5, 5.41) is 3.20. The Morgan fingerprint density at radius 2 is 2.00 bits per heavy atom. The van der Waals surface area contributed by atoms with Gasteiger partial charge in [0.25, 0.3) is 5.91 Å². The molecule has 0 fully saturated rings. The zero-order chi connectivity index (χ0) is 14.4. The highest BCUT2D eigenvalue weighted by Gasteiger charge is 2.13. The van der Waals surface area contributed by atoms with E-state index in [2.05, 4.69) is 15.2 Å². The summed E-state index contributed by atoms with van der Waals surface area (Å²) in [7, 11) is 7.58. The normalized spacial score (nSPS) is 10.6. The Bertz CT molecular complexity index is 437. The van der Waals surface area contributed by atoms with E-state index in [4.69, 9.17) is 11.6 Å². The number of anilines is 1. The van der Waals surface area contributed by atoms with E-state index in [1.54, 1.807) is 31.1 Å². The molecule has 5 nitrogen and oxygen atoms in total. The van der Waals surface area contributed by atoms with E-state index in [9.17, 15) is 4.79 Å². The Labute approximate surface area is 119 Å². The fourth-order valence-electron chi connectivity index (χ4n) is 1.69. The van der Waals surface area contributed by atoms with Gasteiger partial charge in [0.15, 0.2) is 0 Å². The maximum absolute atomic E-state index is 12.2. The molecule has 6 heteroatoms. The Hall–Kier alpha value is -1.33. The van der Waals surface area contributed by atoms with Crippen molar-refractivity contribution in [1.82, 2.24) is 14.8 Å². The lowest BCUT2D eigenvalue weighted by atomic mass is 10.2. The summed E-state index contributed by atoms with van der Waals surface area (Å²) in [6, 6.07) is 3.30. The summed E-state index contributed by atoms with van der Waals surface area (Å²) in [5.41, 5.74) is 0.553. The molecular formula is C13H21ClN4O. The molecule has 1 amide bonds. The van der Waals surface area contributed by atoms with Crippen LogP contribution in [0.1, 0.15) is 16.8 Å². The maximum atomic E-state index is 12.2. The van der Waals surface area contributed by atoms with Crippen LogP contribution in [0.5, 0.6) is 0 Å². The van der Waals surface area contributed by atoms with Gasteiger partial charge in [-0.15, -0.1) is 0 Å². The third-order valence-electron chi connectivity index (χ3n) is 2.74. The molecule has 0 aliphatic heterocycles. The Morgan fingerprint density at radius 1 is 1.32 bits per heavy atom. The molecule has 1 rings (SSSR count). The van der Waals surface area contributed by atoms with E-state index in [1.165, 1.54) is 0 Å². The predicted molar refractivity (Wildman–Crippen MR) is 78.9 cm³/mol. The van der Waals surface area contributed by atoms with E-state index >= 15 is 0 Å². The number of carbonyl (C=O) groups is 1. The smallest absolute Gasteiger partial charge is 0.253 e. The lowest BCUT2D eigenvalue weighted by Crippen LogP contribution is -2.29. The van der Waals surface area contributed by atoms with E-state index in [0.717, 1.165) is 13.0 Å². The van der Waals surface area contributed by atoms with Gasteiger partial charge in [0.1, 0.15) is 11.0 Å². The lowest BCUT2D eigenvalue weighted by Gasteiger charge is -2.19. The first-order valence-electron chi connectivity index (χ1n) is 6.19. The third kappa shape index (κ3) is 5.04. The van der Waals surface area contributed by atoms with E-state index in [0.29, 0.717) is 23.1 Å². The Morgan fingerprint density at radius 3 is 2.58 bits per heavy atom. The van der Waals surface area contributed by atoms with Crippen LogP contribution in [0.2, 0.25) is 5.15 Å². The second-order valence-electron chi connectivity index (χ2n) is 4.70. The van der Waals surface area contributed by atoms with Crippen molar-refractivity contribution < 1.29 is 4.79 Å². The van der Waals surface area contributed by atoms with Crippen molar-refractivity contribution >= 4 is 23.3 Å². The van der Waals surface area contributed by atoms with Crippen molar-refractivity contribution in [3.8, 4) is 0 Å². The molecule has 0 aliphatic carbocycles. The van der Waals surface area contributed by atoms with E-state index in [1.807, 2.05) is 14.1 Å². The summed E-state index contributed by atoms with van der Waals surface area (Å²) in [4.78, 5) is 20.1. The average Bonchev–Trinajstić information content (AvgIpc) is 2.36. The van der Waals surface area contributed by atoms with Gasteiger partial charge in [-0.25, -0.2) is 4.98 Å². The van der Waals surface area contributed by atoms with Crippen LogP contribution in [0, 0.1) is 0 Å². The topological polar surface area (TPSA) is 48.5 Å². The van der Waals surface area contributed by atoms with Crippen molar-refractivity contribution in [2.24, 2.45) is 0 Å². The molecule has 1 aromatic heterocycles. The lowest BCUT2D eigenvalue weighted by molar-refractivity contribution is 0.0790. The van der Waals surface area contributed by atoms with Gasteiger partial charge in [-0.05, 0) is 39.2 Å². The molecular weight excluding hydrogens is 264 g/mol. The molecule has 106 valence electrons. The van der Waals surface area contributed by atoms with Crippen molar-refractivity contribution in [2.75, 3.05) is 46.6 Å². The molecule has 0 unspecified atom stereocenters. The first kappa shape index (κ1) is 15.7. The number of rotatable bonds is 6. The average molecular weight is 285 g/mol. The van der Waals surface area contributed by atoms with Crippen molar-refractivity contribution in [3.05, 3.63) is 22.8 Å². The highest BCUT2D eigenvalue weighted by Crippen LogP contribution is 2.15. The fraction of sp³-hybridized carbons (Fsp3) is 0.538. The van der Waals surface area contributed by atoms with Crippen LogP contribution in [0.3, 0.4) is 0 Å². The summed E-state index contributed by atoms with van der Waals surface area (Å²) >= 11 is 5.89. The molecule has 1 aromatic rings. The van der Waals surface area contributed by atoms with Gasteiger partial charge in [0.05, 0.1) is 0 Å². The minimum absolute atomic E-state index is 0.0421. The molecule has 0 aromatic carbocycles. The number of hydrogen-bond acceptors (Lipinski definition) is 4. The van der Waals surface area contributed by atoms with Crippen LogP contribution < -0.4 is 5.32 Å². The standard InChI is InChI=1S/C13H21ClN4O/c1-15-12-9-10(8-11(14)16-12)13(19)18(4)7-5-6-17(2)3/h8-9H,5-7H2,1-4H3,(H,15,16). The number of pyridine rings is 1. The number of hydrogen-bond donors (Lipinski definition) is 1. The molecule has 0 bridgehead atoms. The summed E-state index contributed by atoms with van der Waals surface area (Å²) in [5.74, 6) is 0.553. The van der Waals surface area contributed by atoms with Gasteiger partial charge in [-0.1, -0.05) is 11.6 Å². The quantitative estimate of drug-likeness (QED) is 0.810. The van der Waals surface area contributed by atoms with Gasteiger partial charge in [0, 0.05) is 26.2 Å². The second kappa shape index (κ2) is 7.31. The van der Waals surface area contributed by atoms with E-state index < -0.39 is 0 Å². The molecule has 0 aliphatic rings. The zero-order valence-electron chi connectivity index (χ0n) is 11.9. The van der Waals surface area contributed by atoms with Gasteiger partial charge in [-0.3, -0.25) is 4.79 Å². The first-order valence-corrected chi connectivity index (χ1v) is 6.57. The van der Waals surface area contributed by atoms with Crippen LogP contribution in [-0.2, 0) is 0 Å². The van der Waals surface area contributed by atoms with E-state index in [-0.39, 0.29) is 5.91 Å². The number of aromatic nitrogens is 1. The number of nitrogens with zero attached hydrogens (tertiary/aromatic N) is 3. The van der Waals surface area contributed by atoms with Crippen molar-refractivity contribution in [2.45, 2.75) is 6.42 Å². The monoisotopic (exact) mass is 284 g/mol. The Balaban J connectivity index is 2.68. The van der Waals surface area contributed by atoms with Crippen LogP contribution in [-0.4, -0.2) is 62.0 Å². The minimum Gasteiger partial charge on any atom is -0.373 e. The summed E-state index contributed by atoms with van der Waals surface area (Å²) < 4.78 is 0. The summed E-state index contributed by atoms with van der Waals surface area (Å²) in [6.45, 7) is 1.67. The molecule has 0 spiro atoms. The number of nitrogens with one attached hydrogen (secondary N) is 1. The molecule has 1 heterocycles. The second-order valence-corrected chi connectivity index (χ2v) is 5.08. The molecule has 0 saturated carbocycles. The van der Waals surface area contributed by atoms with Crippen LogP contribution >= 0.6 is 11.6 Å². The SMILES string of the molecule is CNc1cc(C(=O)N(C)CCCN(C)C)cc(Cl)n1. The van der Waals surface area contributed by atoms with Gasteiger partial charge < -0.3 is 15.1 Å². The minimum atomic E-state index is -0.0421. The highest BCUT2D eigenvalue weighted by molar-refractivity contribution is 6.29. The van der Waals surface area contributed by atoms with Crippen molar-refractivity contribution in [3.63, 3.8) is 0 Å². The number of halogens is 1. The van der Waals surface area contributed by atoms with Crippen LogP contribution in [0.15, 0.2) is 12.1 Å². The molecule has 19 heavy (non-hydrogen) atoms. The van der Waals surface area contributed by atoms with Crippen molar-refractivity contribution in [1.29, 1.82) is 0 Å². The molecule has 0 atom stereocenters. The fourth-order valence-corrected chi connectivity index (χ4v) is 1.90. The predicted octanol–water partition coefficient (Wildman–Crippen LogP) is 1.80. The van der Waals surface area contributed by atoms with Gasteiger partial charge in [-0.2, -0.15) is 0 Å². The number of amides is 1.